The van der Waals surface area contributed by atoms with Crippen molar-refractivity contribution in [1.82, 2.24) is 0 Å². The van der Waals surface area contributed by atoms with Gasteiger partial charge < -0.3 is 5.32 Å². The van der Waals surface area contributed by atoms with Crippen LogP contribution < -0.4 is 5.32 Å². The van der Waals surface area contributed by atoms with E-state index in [-0.39, 0.29) is 20.8 Å². The summed E-state index contributed by atoms with van der Waals surface area (Å²) in [6, 6.07) is 20.9. The van der Waals surface area contributed by atoms with Gasteiger partial charge in [-0.15, -0.1) is 0 Å². The van der Waals surface area contributed by atoms with Crippen LogP contribution in [-0.4, -0.2) is 28.0 Å². The van der Waals surface area contributed by atoms with Gasteiger partial charge in [-0.25, -0.2) is 16.8 Å². The number of amides is 1. The van der Waals surface area contributed by atoms with E-state index in [2.05, 4.69) is 5.32 Å². The van der Waals surface area contributed by atoms with Crippen molar-refractivity contribution in [3.05, 3.63) is 90.0 Å². The molecule has 1 saturated carbocycles. The van der Waals surface area contributed by atoms with Gasteiger partial charge in [0.15, 0.2) is 19.7 Å². The molecule has 8 heteroatoms. The maximum Gasteiger partial charge on any atom is 0.255 e. The largest absolute Gasteiger partial charge is 0.322 e. The highest BCUT2D eigenvalue weighted by Gasteiger charge is 2.30. The van der Waals surface area contributed by atoms with E-state index in [9.17, 15) is 21.6 Å². The average Bonchev–Trinajstić information content (AvgIpc) is 3.36. The first-order valence-corrected chi connectivity index (χ1v) is 14.0. The number of carbonyl (C=O) groups excluding carboxylic acids is 1. The lowest BCUT2D eigenvalue weighted by atomic mass is 10.1. The molecule has 3 aromatic rings. The minimum absolute atomic E-state index is 0.167. The van der Waals surface area contributed by atoms with Gasteiger partial charge >= 0.3 is 0 Å². The van der Waals surface area contributed by atoms with Crippen LogP contribution in [0, 0.1) is 0 Å². The van der Waals surface area contributed by atoms with Crippen molar-refractivity contribution in [2.24, 2.45) is 0 Å². The summed E-state index contributed by atoms with van der Waals surface area (Å²) in [5.41, 5.74) is 1.31. The smallest absolute Gasteiger partial charge is 0.255 e. The summed E-state index contributed by atoms with van der Waals surface area (Å²) in [5.74, 6) is -0.567. The summed E-state index contributed by atoms with van der Waals surface area (Å²) in [5, 5.41) is 2.38. The molecular formula is C25H25NO5S2. The van der Waals surface area contributed by atoms with Crippen LogP contribution in [0.3, 0.4) is 0 Å². The topological polar surface area (TPSA) is 97.4 Å². The first-order chi connectivity index (χ1) is 15.8. The quantitative estimate of drug-likeness (QED) is 0.528. The fraction of sp³-hybridized carbons (Fsp3) is 0.240. The molecule has 0 saturated heterocycles. The molecule has 3 aromatic carbocycles. The number of hydrogen-bond donors (Lipinski definition) is 1. The van der Waals surface area contributed by atoms with Gasteiger partial charge in [-0.2, -0.15) is 0 Å². The van der Waals surface area contributed by atoms with Crippen molar-refractivity contribution in [3.63, 3.8) is 0 Å². The molecule has 0 aromatic heterocycles. The van der Waals surface area contributed by atoms with Gasteiger partial charge in [0.2, 0.25) is 0 Å². The number of anilines is 1. The Bertz CT molecular complexity index is 1340. The fourth-order valence-electron chi connectivity index (χ4n) is 4.03. The van der Waals surface area contributed by atoms with Crippen LogP contribution in [-0.2, 0) is 25.4 Å². The third-order valence-corrected chi connectivity index (χ3v) is 9.80. The van der Waals surface area contributed by atoms with E-state index in [0.717, 1.165) is 12.8 Å². The zero-order valence-electron chi connectivity index (χ0n) is 18.0. The Kier molecular flexibility index (Phi) is 6.67. The molecule has 33 heavy (non-hydrogen) atoms. The molecule has 172 valence electrons. The Labute approximate surface area is 194 Å². The first-order valence-electron chi connectivity index (χ1n) is 10.8. The molecule has 0 aliphatic heterocycles. The molecule has 1 N–H and O–H groups in total. The summed E-state index contributed by atoms with van der Waals surface area (Å²) < 4.78 is 50.8. The maximum absolute atomic E-state index is 12.8. The van der Waals surface area contributed by atoms with Crippen LogP contribution in [0.2, 0.25) is 0 Å². The highest BCUT2D eigenvalue weighted by molar-refractivity contribution is 7.92. The van der Waals surface area contributed by atoms with E-state index < -0.39 is 25.6 Å². The minimum Gasteiger partial charge on any atom is -0.322 e. The fourth-order valence-corrected chi connectivity index (χ4v) is 7.30. The molecule has 0 bridgehead atoms. The van der Waals surface area contributed by atoms with Crippen LogP contribution in [0.25, 0.3) is 0 Å². The summed E-state index contributed by atoms with van der Waals surface area (Å²) in [4.78, 5) is 13.1. The Morgan fingerprint density at radius 1 is 0.788 bits per heavy atom. The second kappa shape index (κ2) is 9.49. The Balaban J connectivity index is 1.45. The van der Waals surface area contributed by atoms with Gasteiger partial charge in [-0.1, -0.05) is 49.2 Å². The van der Waals surface area contributed by atoms with Crippen molar-refractivity contribution >= 4 is 31.3 Å². The molecule has 1 aliphatic carbocycles. The molecule has 1 fully saturated rings. The minimum atomic E-state index is -3.48. The Morgan fingerprint density at radius 3 is 2.09 bits per heavy atom. The number of benzene rings is 3. The number of rotatable bonds is 7. The van der Waals surface area contributed by atoms with Gasteiger partial charge in [0.05, 0.1) is 20.8 Å². The molecule has 6 nitrogen and oxygen atoms in total. The second-order valence-electron chi connectivity index (χ2n) is 8.20. The normalized spacial score (nSPS) is 14.8. The van der Waals surface area contributed by atoms with E-state index in [1.54, 1.807) is 72.8 Å². The predicted octanol–water partition coefficient (Wildman–Crippen LogP) is 4.63. The predicted molar refractivity (Wildman–Crippen MR) is 128 cm³/mol. The number of nitrogens with one attached hydrogen (secondary N) is 1. The van der Waals surface area contributed by atoms with Crippen LogP contribution in [0.5, 0.6) is 0 Å². The summed E-state index contributed by atoms with van der Waals surface area (Å²) >= 11 is 0. The lowest BCUT2D eigenvalue weighted by Crippen LogP contribution is -2.18. The molecule has 4 rings (SSSR count). The molecule has 1 aliphatic rings. The third kappa shape index (κ3) is 5.34. The van der Waals surface area contributed by atoms with Crippen LogP contribution in [0.15, 0.2) is 88.7 Å². The van der Waals surface area contributed by atoms with E-state index in [1.807, 2.05) is 0 Å². The molecule has 0 heterocycles. The Hall–Kier alpha value is -2.97. The van der Waals surface area contributed by atoms with E-state index in [0.29, 0.717) is 29.7 Å². The standard InChI is InChI=1S/C25H25NO5S2/c27-25(26-21-7-6-12-24(17-21)33(30,31)23-10-4-5-11-23)20-15-13-19(14-16-20)18-32(28,29)22-8-2-1-3-9-22/h1-3,6-9,12-17,23H,4-5,10-11,18H2,(H,26,27). The van der Waals surface area contributed by atoms with E-state index in [1.165, 1.54) is 6.07 Å². The van der Waals surface area contributed by atoms with Gasteiger partial charge in [0.25, 0.3) is 5.91 Å². The monoisotopic (exact) mass is 483 g/mol. The zero-order chi connectivity index (χ0) is 23.5. The van der Waals surface area contributed by atoms with E-state index in [4.69, 9.17) is 0 Å². The van der Waals surface area contributed by atoms with Crippen molar-refractivity contribution in [2.75, 3.05) is 5.32 Å². The molecular weight excluding hydrogens is 458 g/mol. The molecule has 0 radical (unpaired) electrons. The number of sulfone groups is 2. The third-order valence-electron chi connectivity index (χ3n) is 5.84. The molecule has 0 spiro atoms. The molecule has 0 unspecified atom stereocenters. The molecule has 0 atom stereocenters. The first kappa shape index (κ1) is 23.2. The van der Waals surface area contributed by atoms with E-state index >= 15 is 0 Å². The summed E-state index contributed by atoms with van der Waals surface area (Å²) in [6.45, 7) is 0. The molecule has 1 amide bonds. The number of carbonyl (C=O) groups is 1. The van der Waals surface area contributed by atoms with Crippen LogP contribution >= 0.6 is 0 Å². The lowest BCUT2D eigenvalue weighted by molar-refractivity contribution is 0.102. The van der Waals surface area contributed by atoms with Gasteiger partial charge in [0.1, 0.15) is 0 Å². The van der Waals surface area contributed by atoms with Gasteiger partial charge in [-0.3, -0.25) is 4.79 Å². The lowest BCUT2D eigenvalue weighted by Gasteiger charge is -2.13. The second-order valence-corrected chi connectivity index (χ2v) is 12.4. The van der Waals surface area contributed by atoms with Crippen molar-refractivity contribution in [1.29, 1.82) is 0 Å². The van der Waals surface area contributed by atoms with Crippen molar-refractivity contribution < 1.29 is 21.6 Å². The average molecular weight is 484 g/mol. The van der Waals surface area contributed by atoms with Gasteiger partial charge in [-0.05, 0) is 60.9 Å². The van der Waals surface area contributed by atoms with Gasteiger partial charge in [0, 0.05) is 11.3 Å². The highest BCUT2D eigenvalue weighted by atomic mass is 32.2. The van der Waals surface area contributed by atoms with Crippen molar-refractivity contribution in [3.8, 4) is 0 Å². The SMILES string of the molecule is O=C(Nc1cccc(S(=O)(=O)C2CCCC2)c1)c1ccc(CS(=O)(=O)c2ccccc2)cc1. The van der Waals surface area contributed by atoms with Crippen LogP contribution in [0.4, 0.5) is 5.69 Å². The summed E-state index contributed by atoms with van der Waals surface area (Å²) in [6.07, 6.45) is 3.18. The van der Waals surface area contributed by atoms with Crippen molar-refractivity contribution in [2.45, 2.75) is 46.5 Å². The Morgan fingerprint density at radius 2 is 1.42 bits per heavy atom. The zero-order valence-corrected chi connectivity index (χ0v) is 19.6. The van der Waals surface area contributed by atoms with Crippen LogP contribution in [0.1, 0.15) is 41.6 Å². The highest BCUT2D eigenvalue weighted by Crippen LogP contribution is 2.30. The maximum atomic E-state index is 12.8. The summed E-state index contributed by atoms with van der Waals surface area (Å²) in [7, 11) is -6.89. The number of hydrogen-bond acceptors (Lipinski definition) is 5.